The van der Waals surface area contributed by atoms with Crippen molar-refractivity contribution in [2.75, 3.05) is 34.0 Å². The van der Waals surface area contributed by atoms with E-state index in [1.807, 2.05) is 67.3 Å². The number of methoxy groups -OCH3 is 2. The van der Waals surface area contributed by atoms with E-state index in [9.17, 15) is 9.59 Å². The maximum Gasteiger partial charge on any atom is 0.254 e. The molecular weight excluding hydrogens is 496 g/mol. The number of hydrogen-bond donors (Lipinski definition) is 1. The number of amides is 2. The molecule has 0 unspecified atom stereocenters. The maximum atomic E-state index is 14.1. The van der Waals surface area contributed by atoms with E-state index >= 15 is 0 Å². The van der Waals surface area contributed by atoms with Crippen molar-refractivity contribution in [1.82, 2.24) is 10.2 Å². The van der Waals surface area contributed by atoms with Gasteiger partial charge in [-0.05, 0) is 73.4 Å². The minimum Gasteiger partial charge on any atom is -0.497 e. The lowest BCUT2D eigenvalue weighted by molar-refractivity contribution is -0.124. The first-order valence-electron chi connectivity index (χ1n) is 13.3. The maximum absolute atomic E-state index is 14.1. The molecular formula is C31H34N2O6. The molecule has 5 rings (SSSR count). The molecule has 0 bridgehead atoms. The summed E-state index contributed by atoms with van der Waals surface area (Å²) in [7, 11) is 3.20. The molecule has 0 fully saturated rings. The van der Waals surface area contributed by atoms with E-state index in [1.165, 1.54) is 0 Å². The number of nitrogens with one attached hydrogen (secondary N) is 1. The van der Waals surface area contributed by atoms with E-state index < -0.39 is 12.0 Å². The fourth-order valence-corrected chi connectivity index (χ4v) is 5.67. The average Bonchev–Trinajstić information content (AvgIpc) is 2.96. The number of ether oxygens (including phenoxy) is 4. The second-order valence-electron chi connectivity index (χ2n) is 9.52. The van der Waals surface area contributed by atoms with E-state index in [4.69, 9.17) is 18.9 Å². The summed E-state index contributed by atoms with van der Waals surface area (Å²) >= 11 is 0. The van der Waals surface area contributed by atoms with Gasteiger partial charge in [-0.3, -0.25) is 9.59 Å². The zero-order chi connectivity index (χ0) is 27.5. The molecule has 2 amide bonds. The molecule has 8 heteroatoms. The zero-order valence-corrected chi connectivity index (χ0v) is 22.8. The molecule has 0 saturated heterocycles. The molecule has 0 aliphatic carbocycles. The van der Waals surface area contributed by atoms with Crippen LogP contribution in [-0.4, -0.2) is 50.7 Å². The van der Waals surface area contributed by atoms with Crippen molar-refractivity contribution in [2.24, 2.45) is 0 Å². The zero-order valence-electron chi connectivity index (χ0n) is 22.8. The monoisotopic (exact) mass is 530 g/mol. The minimum atomic E-state index is -0.609. The third kappa shape index (κ3) is 4.87. The van der Waals surface area contributed by atoms with Crippen molar-refractivity contribution in [2.45, 2.75) is 38.8 Å². The van der Waals surface area contributed by atoms with Gasteiger partial charge in [0.05, 0.1) is 39.4 Å². The molecule has 3 aromatic rings. The first-order valence-corrected chi connectivity index (χ1v) is 13.3. The molecule has 39 heavy (non-hydrogen) atoms. The van der Waals surface area contributed by atoms with E-state index in [0.29, 0.717) is 54.7 Å². The van der Waals surface area contributed by atoms with E-state index in [2.05, 4.69) is 5.32 Å². The predicted octanol–water partition coefficient (Wildman–Crippen LogP) is 4.65. The Kier molecular flexibility index (Phi) is 7.63. The van der Waals surface area contributed by atoms with Gasteiger partial charge in [0.25, 0.3) is 5.91 Å². The second kappa shape index (κ2) is 11.3. The summed E-state index contributed by atoms with van der Waals surface area (Å²) in [6, 6.07) is 16.4. The quantitative estimate of drug-likeness (QED) is 0.433. The van der Waals surface area contributed by atoms with Crippen LogP contribution in [0.2, 0.25) is 0 Å². The van der Waals surface area contributed by atoms with Crippen molar-refractivity contribution < 1.29 is 28.5 Å². The van der Waals surface area contributed by atoms with E-state index in [1.54, 1.807) is 20.3 Å². The number of nitrogens with zero attached hydrogens (tertiary/aromatic N) is 1. The molecule has 0 saturated carbocycles. The Hall–Kier alpha value is -4.20. The van der Waals surface area contributed by atoms with Gasteiger partial charge in [0.2, 0.25) is 5.91 Å². The highest BCUT2D eigenvalue weighted by atomic mass is 16.5. The Morgan fingerprint density at radius 2 is 1.67 bits per heavy atom. The van der Waals surface area contributed by atoms with Crippen LogP contribution < -0.4 is 24.3 Å². The minimum absolute atomic E-state index is 0.0633. The molecule has 8 nitrogen and oxygen atoms in total. The lowest BCUT2D eigenvalue weighted by Gasteiger charge is -2.45. The fraction of sp³-hybridized carbons (Fsp3) is 0.355. The van der Waals surface area contributed by atoms with Crippen LogP contribution in [-0.2, 0) is 17.8 Å². The molecule has 2 aliphatic rings. The van der Waals surface area contributed by atoms with Gasteiger partial charge in [-0.15, -0.1) is 0 Å². The molecule has 2 aliphatic heterocycles. The number of fused-ring (bicyclic) bond motifs is 4. The largest absolute Gasteiger partial charge is 0.497 e. The second-order valence-corrected chi connectivity index (χ2v) is 9.52. The summed E-state index contributed by atoms with van der Waals surface area (Å²) < 4.78 is 22.7. The van der Waals surface area contributed by atoms with Crippen LogP contribution in [0, 0.1) is 0 Å². The highest BCUT2D eigenvalue weighted by Gasteiger charge is 2.46. The van der Waals surface area contributed by atoms with Crippen LogP contribution in [0.1, 0.15) is 58.4 Å². The Bertz CT molecular complexity index is 1390. The molecule has 2 atom stereocenters. The van der Waals surface area contributed by atoms with Crippen molar-refractivity contribution >= 4 is 11.8 Å². The van der Waals surface area contributed by atoms with Gasteiger partial charge < -0.3 is 29.2 Å². The van der Waals surface area contributed by atoms with Gasteiger partial charge in [0, 0.05) is 24.2 Å². The Morgan fingerprint density at radius 1 is 0.923 bits per heavy atom. The highest BCUT2D eigenvalue weighted by molar-refractivity contribution is 6.01. The van der Waals surface area contributed by atoms with Crippen LogP contribution in [0.25, 0.3) is 0 Å². The van der Waals surface area contributed by atoms with Gasteiger partial charge in [0.15, 0.2) is 11.5 Å². The number of hydrogen-bond acceptors (Lipinski definition) is 6. The number of carbonyl (C=O) groups excluding carboxylic acids is 2. The number of benzene rings is 3. The molecule has 3 aromatic carbocycles. The smallest absolute Gasteiger partial charge is 0.254 e. The topological polar surface area (TPSA) is 86.3 Å². The summed E-state index contributed by atoms with van der Waals surface area (Å²) in [6.07, 6.45) is 0.668. The van der Waals surface area contributed by atoms with Gasteiger partial charge in [-0.2, -0.15) is 0 Å². The molecule has 2 heterocycles. The predicted molar refractivity (Wildman–Crippen MR) is 147 cm³/mol. The third-order valence-electron chi connectivity index (χ3n) is 7.41. The summed E-state index contributed by atoms with van der Waals surface area (Å²) in [4.78, 5) is 29.5. The summed E-state index contributed by atoms with van der Waals surface area (Å²) in [5, 5.41) is 3.12. The first-order chi connectivity index (χ1) is 19.0. The van der Waals surface area contributed by atoms with Crippen LogP contribution >= 0.6 is 0 Å². The molecule has 204 valence electrons. The van der Waals surface area contributed by atoms with Crippen LogP contribution in [0.15, 0.2) is 54.6 Å². The van der Waals surface area contributed by atoms with Crippen LogP contribution in [0.4, 0.5) is 0 Å². The highest BCUT2D eigenvalue weighted by Crippen LogP contribution is 2.48. The lowest BCUT2D eigenvalue weighted by atomic mass is 9.75. The number of rotatable bonds is 9. The standard InChI is InChI=1S/C31H34N2O6/c1-5-38-26-16-19-13-14-33-29(24(19)17-27(26)39-6-2)28(22-9-7-8-10-23(22)31(33)35)30(34)32-18-20-15-21(36-3)11-12-25(20)37-4/h7-12,15-17,28-29H,5-6,13-14,18H2,1-4H3,(H,32,34)/t28-,29-/m0/s1. The normalized spacial score (nSPS) is 17.4. The SMILES string of the molecule is CCOc1cc2c(cc1OCC)[C@H]1[C@@H](C(=O)NCc3cc(OC)ccc3OC)c3ccccc3C(=O)N1CC2. The molecule has 1 N–H and O–H groups in total. The Labute approximate surface area is 228 Å². The fourth-order valence-electron chi connectivity index (χ4n) is 5.67. The first kappa shape index (κ1) is 26.4. The molecule has 0 spiro atoms. The Balaban J connectivity index is 1.56. The van der Waals surface area contributed by atoms with E-state index in [-0.39, 0.29) is 18.4 Å². The van der Waals surface area contributed by atoms with Crippen molar-refractivity contribution in [3.8, 4) is 23.0 Å². The number of carbonyl (C=O) groups is 2. The van der Waals surface area contributed by atoms with E-state index in [0.717, 1.165) is 22.3 Å². The molecule has 0 aromatic heterocycles. The Morgan fingerprint density at radius 3 is 2.38 bits per heavy atom. The van der Waals surface area contributed by atoms with Gasteiger partial charge in [-0.1, -0.05) is 18.2 Å². The third-order valence-corrected chi connectivity index (χ3v) is 7.41. The van der Waals surface area contributed by atoms with Crippen molar-refractivity contribution in [1.29, 1.82) is 0 Å². The van der Waals surface area contributed by atoms with Gasteiger partial charge in [0.1, 0.15) is 11.5 Å². The van der Waals surface area contributed by atoms with Gasteiger partial charge >= 0.3 is 0 Å². The average molecular weight is 531 g/mol. The molecule has 0 radical (unpaired) electrons. The van der Waals surface area contributed by atoms with Gasteiger partial charge in [-0.25, -0.2) is 0 Å². The van der Waals surface area contributed by atoms with Crippen LogP contribution in [0.5, 0.6) is 23.0 Å². The van der Waals surface area contributed by atoms with Crippen molar-refractivity contribution in [3.63, 3.8) is 0 Å². The van der Waals surface area contributed by atoms with Crippen LogP contribution in [0.3, 0.4) is 0 Å². The summed E-state index contributed by atoms with van der Waals surface area (Å²) in [5.74, 6) is 1.79. The summed E-state index contributed by atoms with van der Waals surface area (Å²) in [6.45, 7) is 5.60. The lowest BCUT2D eigenvalue weighted by Crippen LogP contribution is -2.50. The summed E-state index contributed by atoms with van der Waals surface area (Å²) in [5.41, 5.74) is 4.05. The van der Waals surface area contributed by atoms with Crippen molar-refractivity contribution in [3.05, 3.63) is 82.4 Å².